The van der Waals surface area contributed by atoms with Crippen LogP contribution in [0.3, 0.4) is 0 Å². The van der Waals surface area contributed by atoms with Gasteiger partial charge in [0.2, 0.25) is 21.9 Å². The molecule has 1 heterocycles. The van der Waals surface area contributed by atoms with Crippen LogP contribution in [0.25, 0.3) is 0 Å². The summed E-state index contributed by atoms with van der Waals surface area (Å²) in [6.07, 6.45) is 0. The van der Waals surface area contributed by atoms with Gasteiger partial charge in [-0.15, -0.1) is 0 Å². The Morgan fingerprint density at radius 3 is 2.67 bits per heavy atom. The van der Waals surface area contributed by atoms with Crippen molar-refractivity contribution in [2.24, 2.45) is 0 Å². The minimum Gasteiger partial charge on any atom is -0.279 e. The molecule has 108 valence electrons. The molecule has 21 heavy (non-hydrogen) atoms. The maximum absolute atomic E-state index is 13.3. The molecule has 0 unspecified atom stereocenters. The van der Waals surface area contributed by atoms with E-state index >= 15 is 0 Å². The van der Waals surface area contributed by atoms with Crippen molar-refractivity contribution in [3.63, 3.8) is 0 Å². The van der Waals surface area contributed by atoms with Crippen molar-refractivity contribution in [3.05, 3.63) is 59.4 Å². The molecule has 0 aliphatic carbocycles. The molecule has 5 nitrogen and oxygen atoms in total. The topological polar surface area (TPSA) is 82.8 Å². The number of nitriles is 1. The van der Waals surface area contributed by atoms with Gasteiger partial charge in [0.15, 0.2) is 0 Å². The number of sulfonamides is 1. The van der Waals surface area contributed by atoms with Crippen molar-refractivity contribution in [3.8, 4) is 6.07 Å². The minimum absolute atomic E-state index is 0.317. The normalized spacial score (nSPS) is 10.9. The third-order valence-electron chi connectivity index (χ3n) is 2.49. The molecule has 2 aromatic rings. The number of anilines is 1. The molecule has 0 aliphatic heterocycles. The average molecular weight is 309 g/mol. The number of hydrogen-bond acceptors (Lipinski definition) is 4. The van der Waals surface area contributed by atoms with Crippen LogP contribution in [0.4, 0.5) is 14.5 Å². The second-order valence-electron chi connectivity index (χ2n) is 4.15. The van der Waals surface area contributed by atoms with Crippen molar-refractivity contribution in [2.75, 3.05) is 4.72 Å². The lowest BCUT2D eigenvalue weighted by Gasteiger charge is -2.08. The highest BCUT2D eigenvalue weighted by Crippen LogP contribution is 2.16. The Morgan fingerprint density at radius 1 is 1.24 bits per heavy atom. The maximum atomic E-state index is 13.3. The van der Waals surface area contributed by atoms with Crippen LogP contribution in [0.5, 0.6) is 0 Å². The van der Waals surface area contributed by atoms with Crippen LogP contribution in [-0.4, -0.2) is 13.4 Å². The quantitative estimate of drug-likeness (QED) is 0.877. The van der Waals surface area contributed by atoms with Gasteiger partial charge in [0, 0.05) is 0 Å². The standard InChI is InChI=1S/C13H9F2N3O2S/c14-12-5-4-11(13(15)17-12)18-21(19,20)8-10-3-1-2-9(6-10)7-16/h1-6,18H,8H2. The van der Waals surface area contributed by atoms with Gasteiger partial charge in [0.1, 0.15) is 5.69 Å². The van der Waals surface area contributed by atoms with Crippen LogP contribution in [0.15, 0.2) is 36.4 Å². The summed E-state index contributed by atoms with van der Waals surface area (Å²) in [5.74, 6) is -2.74. The SMILES string of the molecule is N#Cc1cccc(CS(=O)(=O)Nc2ccc(F)nc2F)c1. The first-order valence-electron chi connectivity index (χ1n) is 5.71. The van der Waals surface area contributed by atoms with E-state index in [1.54, 1.807) is 6.07 Å². The number of rotatable bonds is 4. The van der Waals surface area contributed by atoms with Gasteiger partial charge in [-0.3, -0.25) is 4.72 Å². The van der Waals surface area contributed by atoms with E-state index in [2.05, 4.69) is 4.98 Å². The molecule has 8 heteroatoms. The Balaban J connectivity index is 2.20. The summed E-state index contributed by atoms with van der Waals surface area (Å²) < 4.78 is 51.8. The lowest BCUT2D eigenvalue weighted by molar-refractivity contribution is 0.515. The van der Waals surface area contributed by atoms with Gasteiger partial charge in [0.25, 0.3) is 0 Å². The Kier molecular flexibility index (Phi) is 4.14. The zero-order valence-electron chi connectivity index (χ0n) is 10.5. The molecule has 0 saturated carbocycles. The Bertz CT molecular complexity index is 816. The smallest absolute Gasteiger partial charge is 0.239 e. The largest absolute Gasteiger partial charge is 0.279 e. The van der Waals surface area contributed by atoms with Gasteiger partial charge in [-0.25, -0.2) is 8.42 Å². The van der Waals surface area contributed by atoms with Crippen molar-refractivity contribution in [2.45, 2.75) is 5.75 Å². The summed E-state index contributed by atoms with van der Waals surface area (Å²) in [5.41, 5.74) is 0.252. The summed E-state index contributed by atoms with van der Waals surface area (Å²) in [4.78, 5) is 2.89. The molecule has 0 fully saturated rings. The second kappa shape index (κ2) is 5.85. The molecule has 0 saturated heterocycles. The highest BCUT2D eigenvalue weighted by atomic mass is 32.2. The first-order valence-corrected chi connectivity index (χ1v) is 7.36. The summed E-state index contributed by atoms with van der Waals surface area (Å²) in [7, 11) is -3.91. The van der Waals surface area contributed by atoms with Crippen LogP contribution in [0.2, 0.25) is 0 Å². The summed E-state index contributed by atoms with van der Waals surface area (Å²) >= 11 is 0. The van der Waals surface area contributed by atoms with Gasteiger partial charge >= 0.3 is 0 Å². The molecular weight excluding hydrogens is 300 g/mol. The van der Waals surface area contributed by atoms with E-state index in [4.69, 9.17) is 5.26 Å². The molecular formula is C13H9F2N3O2S. The maximum Gasteiger partial charge on any atom is 0.239 e. The second-order valence-corrected chi connectivity index (χ2v) is 5.87. The van der Waals surface area contributed by atoms with Crippen LogP contribution in [-0.2, 0) is 15.8 Å². The summed E-state index contributed by atoms with van der Waals surface area (Å²) in [6, 6.07) is 9.70. The predicted molar refractivity (Wildman–Crippen MR) is 71.6 cm³/mol. The Labute approximate surface area is 119 Å². The first-order chi connectivity index (χ1) is 9.89. The lowest BCUT2D eigenvalue weighted by Crippen LogP contribution is -2.16. The fraction of sp³-hybridized carbons (Fsp3) is 0.0769. The van der Waals surface area contributed by atoms with Crippen LogP contribution < -0.4 is 4.72 Å². The average Bonchev–Trinajstić information content (AvgIpc) is 2.41. The van der Waals surface area contributed by atoms with Crippen molar-refractivity contribution < 1.29 is 17.2 Å². The third kappa shape index (κ3) is 3.97. The van der Waals surface area contributed by atoms with E-state index in [-0.39, 0.29) is 0 Å². The fourth-order valence-electron chi connectivity index (χ4n) is 1.64. The molecule has 2 rings (SSSR count). The molecule has 1 aromatic carbocycles. The Hall–Kier alpha value is -2.53. The fourth-order valence-corrected chi connectivity index (χ4v) is 2.82. The highest BCUT2D eigenvalue weighted by molar-refractivity contribution is 7.91. The van der Waals surface area contributed by atoms with Gasteiger partial charge in [-0.05, 0) is 29.8 Å². The third-order valence-corrected chi connectivity index (χ3v) is 3.74. The van der Waals surface area contributed by atoms with Crippen molar-refractivity contribution in [1.82, 2.24) is 4.98 Å². The van der Waals surface area contributed by atoms with Gasteiger partial charge in [-0.2, -0.15) is 19.0 Å². The van der Waals surface area contributed by atoms with Gasteiger partial charge < -0.3 is 0 Å². The van der Waals surface area contributed by atoms with Crippen molar-refractivity contribution >= 4 is 15.7 Å². The molecule has 0 bridgehead atoms. The molecule has 1 N–H and O–H groups in total. The van der Waals surface area contributed by atoms with Crippen molar-refractivity contribution in [1.29, 1.82) is 5.26 Å². The van der Waals surface area contributed by atoms with Gasteiger partial charge in [0.05, 0.1) is 17.4 Å². The van der Waals surface area contributed by atoms with Gasteiger partial charge in [-0.1, -0.05) is 12.1 Å². The van der Waals surface area contributed by atoms with Crippen LogP contribution >= 0.6 is 0 Å². The predicted octanol–water partition coefficient (Wildman–Crippen LogP) is 2.17. The van der Waals surface area contributed by atoms with E-state index in [1.807, 2.05) is 10.8 Å². The molecule has 1 aromatic heterocycles. The van der Waals surface area contributed by atoms with E-state index in [9.17, 15) is 17.2 Å². The van der Waals surface area contributed by atoms with Crippen LogP contribution in [0.1, 0.15) is 11.1 Å². The number of aromatic nitrogens is 1. The zero-order chi connectivity index (χ0) is 15.5. The molecule has 0 amide bonds. The van der Waals surface area contributed by atoms with Crippen LogP contribution in [0, 0.1) is 23.2 Å². The van der Waals surface area contributed by atoms with E-state index in [0.29, 0.717) is 11.1 Å². The van der Waals surface area contributed by atoms with E-state index < -0.39 is 33.4 Å². The number of nitrogens with one attached hydrogen (secondary N) is 1. The molecule has 0 spiro atoms. The molecule has 0 radical (unpaired) electrons. The molecule has 0 atom stereocenters. The minimum atomic E-state index is -3.91. The van der Waals surface area contributed by atoms with E-state index in [0.717, 1.165) is 12.1 Å². The highest BCUT2D eigenvalue weighted by Gasteiger charge is 2.15. The number of pyridine rings is 1. The Morgan fingerprint density at radius 2 is 2.00 bits per heavy atom. The van der Waals surface area contributed by atoms with E-state index in [1.165, 1.54) is 18.2 Å². The summed E-state index contributed by atoms with van der Waals surface area (Å²) in [6.45, 7) is 0. The number of benzene rings is 1. The number of halogens is 2. The zero-order valence-corrected chi connectivity index (χ0v) is 11.4. The number of hydrogen-bond donors (Lipinski definition) is 1. The summed E-state index contributed by atoms with van der Waals surface area (Å²) in [5, 5.41) is 8.75. The molecule has 0 aliphatic rings. The first kappa shape index (κ1) is 14.9. The monoisotopic (exact) mass is 309 g/mol. The number of nitrogens with zero attached hydrogens (tertiary/aromatic N) is 2. The lowest BCUT2D eigenvalue weighted by atomic mass is 10.2.